The molecule has 1 saturated heterocycles. The molecule has 1 aliphatic rings. The van der Waals surface area contributed by atoms with E-state index in [1.54, 1.807) is 4.57 Å². The highest BCUT2D eigenvalue weighted by atomic mass is 32.2. The van der Waals surface area contributed by atoms with Gasteiger partial charge in [-0.05, 0) is 56.0 Å². The average Bonchev–Trinajstić information content (AvgIpc) is 3.24. The zero-order chi connectivity index (χ0) is 23.7. The lowest BCUT2D eigenvalue weighted by atomic mass is 10.1. The van der Waals surface area contributed by atoms with E-state index in [4.69, 9.17) is 0 Å². The number of hydrogen-bond donors (Lipinski definition) is 0. The Bertz CT molecular complexity index is 1420. The zero-order valence-electron chi connectivity index (χ0n) is 19.7. The summed E-state index contributed by atoms with van der Waals surface area (Å²) in [5.74, 6) is 0.895. The van der Waals surface area contributed by atoms with Gasteiger partial charge < -0.3 is 4.90 Å². The third-order valence-corrected chi connectivity index (χ3v) is 7.66. The van der Waals surface area contributed by atoms with Gasteiger partial charge in [0, 0.05) is 13.1 Å². The molecule has 0 aliphatic carbocycles. The fraction of sp³-hybridized carbons (Fsp3) is 0.385. The number of likely N-dealkylation sites (tertiary alicyclic amines) is 1. The molecule has 34 heavy (non-hydrogen) atoms. The number of amides is 1. The number of fused-ring (bicyclic) bond motifs is 3. The first-order valence-corrected chi connectivity index (χ1v) is 12.9. The molecule has 0 spiro atoms. The minimum Gasteiger partial charge on any atom is -0.342 e. The summed E-state index contributed by atoms with van der Waals surface area (Å²) in [5.41, 5.74) is 3.53. The Labute approximate surface area is 202 Å². The van der Waals surface area contributed by atoms with Crippen LogP contribution in [0.4, 0.5) is 0 Å². The van der Waals surface area contributed by atoms with Crippen LogP contribution in [-0.2, 0) is 4.79 Å². The van der Waals surface area contributed by atoms with Crippen molar-refractivity contribution in [1.82, 2.24) is 24.1 Å². The molecule has 2 aromatic heterocycles. The van der Waals surface area contributed by atoms with E-state index in [0.717, 1.165) is 48.3 Å². The Morgan fingerprint density at radius 2 is 1.68 bits per heavy atom. The van der Waals surface area contributed by atoms with Gasteiger partial charge in [0.05, 0.1) is 22.3 Å². The molecule has 3 heterocycles. The van der Waals surface area contributed by atoms with E-state index in [0.29, 0.717) is 22.1 Å². The molecule has 5 rings (SSSR count). The van der Waals surface area contributed by atoms with Gasteiger partial charge in [0.2, 0.25) is 11.7 Å². The van der Waals surface area contributed by atoms with Crippen molar-refractivity contribution in [3.63, 3.8) is 0 Å². The van der Waals surface area contributed by atoms with Gasteiger partial charge in [-0.15, -0.1) is 10.2 Å². The molecular weight excluding hydrogens is 446 g/mol. The van der Waals surface area contributed by atoms with Gasteiger partial charge in [0.25, 0.3) is 5.56 Å². The number of hydrogen-bond acceptors (Lipinski definition) is 5. The third kappa shape index (κ3) is 4.11. The summed E-state index contributed by atoms with van der Waals surface area (Å²) in [6.45, 7) is 5.70. The van der Waals surface area contributed by atoms with E-state index < -0.39 is 0 Å². The summed E-state index contributed by atoms with van der Waals surface area (Å²) < 4.78 is 3.55. The molecule has 176 valence electrons. The smallest absolute Gasteiger partial charge is 0.267 e. The number of aromatic nitrogens is 4. The van der Waals surface area contributed by atoms with E-state index in [2.05, 4.69) is 10.2 Å². The van der Waals surface area contributed by atoms with E-state index in [1.807, 2.05) is 65.6 Å². The SMILES string of the molecule is Cc1cccc(-n2c(=O)c3ccccc3n3c(SCC(=O)N4CCCCCCC4)nnc23)c1C. The molecule has 8 heteroatoms. The lowest BCUT2D eigenvalue weighted by Gasteiger charge is -2.24. The van der Waals surface area contributed by atoms with Gasteiger partial charge in [-0.2, -0.15) is 0 Å². The Kier molecular flexibility index (Phi) is 6.41. The van der Waals surface area contributed by atoms with Gasteiger partial charge in [-0.25, -0.2) is 4.57 Å². The summed E-state index contributed by atoms with van der Waals surface area (Å²) in [7, 11) is 0. The molecule has 4 aromatic rings. The van der Waals surface area contributed by atoms with Gasteiger partial charge in [-0.3, -0.25) is 14.0 Å². The maximum atomic E-state index is 13.6. The van der Waals surface area contributed by atoms with Crippen molar-refractivity contribution in [2.24, 2.45) is 0 Å². The fourth-order valence-corrected chi connectivity index (χ4v) is 5.52. The fourth-order valence-electron chi connectivity index (χ4n) is 4.68. The number of thioether (sulfide) groups is 1. The predicted octanol–water partition coefficient (Wildman–Crippen LogP) is 4.54. The number of aryl methyl sites for hydroxylation is 1. The standard InChI is InChI=1S/C26H29N5O2S/c1-18-11-10-14-21(19(18)2)30-24(33)20-12-6-7-13-22(20)31-25(30)27-28-26(31)34-17-23(32)29-15-8-4-3-5-9-16-29/h6-7,10-14H,3-5,8-9,15-17H2,1-2H3. The summed E-state index contributed by atoms with van der Waals surface area (Å²) in [6.07, 6.45) is 5.77. The first kappa shape index (κ1) is 22.7. The summed E-state index contributed by atoms with van der Waals surface area (Å²) in [5, 5.41) is 10.1. The monoisotopic (exact) mass is 475 g/mol. The average molecular weight is 476 g/mol. The third-order valence-electron chi connectivity index (χ3n) is 6.75. The first-order chi connectivity index (χ1) is 16.6. The largest absolute Gasteiger partial charge is 0.342 e. The second-order valence-electron chi connectivity index (χ2n) is 8.93. The van der Waals surface area contributed by atoms with Crippen LogP contribution < -0.4 is 5.56 Å². The van der Waals surface area contributed by atoms with Gasteiger partial charge >= 0.3 is 0 Å². The van der Waals surface area contributed by atoms with Gasteiger partial charge in [-0.1, -0.05) is 55.3 Å². The zero-order valence-corrected chi connectivity index (χ0v) is 20.5. The number of benzene rings is 2. The van der Waals surface area contributed by atoms with Crippen LogP contribution in [0.1, 0.15) is 43.2 Å². The van der Waals surface area contributed by atoms with E-state index in [9.17, 15) is 9.59 Å². The number of para-hydroxylation sites is 1. The number of carbonyl (C=O) groups is 1. The normalized spacial score (nSPS) is 14.9. The van der Waals surface area contributed by atoms with Crippen LogP contribution in [0.3, 0.4) is 0 Å². The molecule has 0 atom stereocenters. The number of rotatable bonds is 4. The van der Waals surface area contributed by atoms with Crippen LogP contribution in [0.15, 0.2) is 52.4 Å². The van der Waals surface area contributed by atoms with Crippen LogP contribution >= 0.6 is 11.8 Å². The summed E-state index contributed by atoms with van der Waals surface area (Å²) in [4.78, 5) is 28.5. The van der Waals surface area contributed by atoms with Crippen LogP contribution in [0.5, 0.6) is 0 Å². The first-order valence-electron chi connectivity index (χ1n) is 11.9. The van der Waals surface area contributed by atoms with E-state index in [-0.39, 0.29) is 11.5 Å². The van der Waals surface area contributed by atoms with E-state index in [1.165, 1.54) is 31.0 Å². The Morgan fingerprint density at radius 1 is 0.941 bits per heavy atom. The summed E-state index contributed by atoms with van der Waals surface area (Å²) in [6, 6.07) is 13.4. The molecule has 0 radical (unpaired) electrons. The molecule has 0 bridgehead atoms. The molecular formula is C26H29N5O2S. The molecule has 0 saturated carbocycles. The molecule has 1 fully saturated rings. The lowest BCUT2D eigenvalue weighted by molar-refractivity contribution is -0.128. The second-order valence-corrected chi connectivity index (χ2v) is 9.87. The number of carbonyl (C=O) groups excluding carboxylic acids is 1. The molecule has 1 aliphatic heterocycles. The van der Waals surface area contributed by atoms with Crippen molar-refractivity contribution in [3.05, 3.63) is 63.9 Å². The van der Waals surface area contributed by atoms with Crippen LogP contribution in [-0.4, -0.2) is 48.8 Å². The van der Waals surface area contributed by atoms with E-state index >= 15 is 0 Å². The van der Waals surface area contributed by atoms with Crippen LogP contribution in [0.25, 0.3) is 22.4 Å². The quantitative estimate of drug-likeness (QED) is 0.406. The predicted molar refractivity (Wildman–Crippen MR) is 136 cm³/mol. The highest BCUT2D eigenvalue weighted by Gasteiger charge is 2.21. The maximum Gasteiger partial charge on any atom is 0.267 e. The van der Waals surface area contributed by atoms with Crippen molar-refractivity contribution in [1.29, 1.82) is 0 Å². The second kappa shape index (κ2) is 9.62. The highest BCUT2D eigenvalue weighted by molar-refractivity contribution is 7.99. The molecule has 0 unspecified atom stereocenters. The maximum absolute atomic E-state index is 13.6. The minimum atomic E-state index is -0.127. The Morgan fingerprint density at radius 3 is 2.47 bits per heavy atom. The minimum absolute atomic E-state index is 0.127. The van der Waals surface area contributed by atoms with Crippen molar-refractivity contribution >= 4 is 34.3 Å². The Balaban J connectivity index is 1.57. The Hall–Kier alpha value is -3.13. The lowest BCUT2D eigenvalue weighted by Crippen LogP contribution is -2.35. The number of nitrogens with zero attached hydrogens (tertiary/aromatic N) is 5. The topological polar surface area (TPSA) is 72.5 Å². The highest BCUT2D eigenvalue weighted by Crippen LogP contribution is 2.25. The van der Waals surface area contributed by atoms with Crippen LogP contribution in [0.2, 0.25) is 0 Å². The molecule has 2 aromatic carbocycles. The van der Waals surface area contributed by atoms with Crippen molar-refractivity contribution < 1.29 is 4.79 Å². The summed E-state index contributed by atoms with van der Waals surface area (Å²) >= 11 is 1.39. The van der Waals surface area contributed by atoms with Gasteiger partial charge in [0.1, 0.15) is 0 Å². The molecule has 7 nitrogen and oxygen atoms in total. The van der Waals surface area contributed by atoms with Crippen molar-refractivity contribution in [2.75, 3.05) is 18.8 Å². The van der Waals surface area contributed by atoms with Crippen molar-refractivity contribution in [2.45, 2.75) is 51.1 Å². The molecule has 0 N–H and O–H groups in total. The molecule has 1 amide bonds. The van der Waals surface area contributed by atoms with Gasteiger partial charge in [0.15, 0.2) is 5.16 Å². The van der Waals surface area contributed by atoms with Crippen molar-refractivity contribution in [3.8, 4) is 5.69 Å². The van der Waals surface area contributed by atoms with Crippen LogP contribution in [0, 0.1) is 13.8 Å².